The molecule has 1 N–H and O–H groups in total. The maximum Gasteiger partial charge on any atom is 0.344 e. The summed E-state index contributed by atoms with van der Waals surface area (Å²) in [6.07, 6.45) is 3.12. The Morgan fingerprint density at radius 2 is 1.64 bits per heavy atom. The molecule has 0 spiro atoms. The Bertz CT molecular complexity index is 527. The van der Waals surface area contributed by atoms with E-state index >= 15 is 0 Å². The summed E-state index contributed by atoms with van der Waals surface area (Å²) in [7, 11) is 1.57. The van der Waals surface area contributed by atoms with Crippen molar-refractivity contribution in [3.63, 3.8) is 0 Å². The molecule has 6 nitrogen and oxygen atoms in total. The smallest absolute Gasteiger partial charge is 0.344 e. The fourth-order valence-corrected chi connectivity index (χ4v) is 2.22. The van der Waals surface area contributed by atoms with Gasteiger partial charge in [-0.1, -0.05) is 26.7 Å². The third kappa shape index (κ3) is 9.59. The normalized spacial score (nSPS) is 11.7. The van der Waals surface area contributed by atoms with Crippen LogP contribution in [0, 0.1) is 5.92 Å². The molecule has 0 aliphatic carbocycles. The number of hydrogen-bond donors (Lipinski definition) is 1. The summed E-state index contributed by atoms with van der Waals surface area (Å²) in [4.78, 5) is 23.4. The molecule has 0 aliphatic rings. The van der Waals surface area contributed by atoms with Gasteiger partial charge in [0.1, 0.15) is 11.5 Å². The minimum absolute atomic E-state index is 0.0699. The lowest BCUT2D eigenvalue weighted by molar-refractivity contribution is -0.150. The highest BCUT2D eigenvalue weighted by molar-refractivity contribution is 5.81. The van der Waals surface area contributed by atoms with Crippen molar-refractivity contribution in [2.45, 2.75) is 46.1 Å². The summed E-state index contributed by atoms with van der Waals surface area (Å²) in [5.41, 5.74) is 0. The van der Waals surface area contributed by atoms with Gasteiger partial charge in [0.25, 0.3) is 5.91 Å². The quantitative estimate of drug-likeness (QED) is 0.621. The van der Waals surface area contributed by atoms with Crippen LogP contribution in [-0.2, 0) is 14.3 Å². The summed E-state index contributed by atoms with van der Waals surface area (Å²) in [5.74, 6) is 1.01. The molecular formula is C19H29NO5. The van der Waals surface area contributed by atoms with Crippen molar-refractivity contribution in [1.82, 2.24) is 5.32 Å². The zero-order valence-corrected chi connectivity index (χ0v) is 15.5. The topological polar surface area (TPSA) is 73.9 Å². The van der Waals surface area contributed by atoms with Crippen LogP contribution in [0.1, 0.15) is 40.0 Å². The van der Waals surface area contributed by atoms with Crippen molar-refractivity contribution in [2.75, 3.05) is 20.3 Å². The average Bonchev–Trinajstić information content (AvgIpc) is 2.58. The predicted molar refractivity (Wildman–Crippen MR) is 95.7 cm³/mol. The molecule has 0 bridgehead atoms. The van der Waals surface area contributed by atoms with Gasteiger partial charge in [-0.05, 0) is 43.5 Å². The van der Waals surface area contributed by atoms with Gasteiger partial charge in [-0.2, -0.15) is 0 Å². The van der Waals surface area contributed by atoms with Crippen LogP contribution in [-0.4, -0.2) is 38.2 Å². The van der Waals surface area contributed by atoms with Gasteiger partial charge in [-0.3, -0.25) is 4.79 Å². The third-order valence-electron chi connectivity index (χ3n) is 3.61. The summed E-state index contributed by atoms with van der Waals surface area (Å²) >= 11 is 0. The van der Waals surface area contributed by atoms with Crippen LogP contribution >= 0.6 is 0 Å². The Balaban J connectivity index is 2.18. The van der Waals surface area contributed by atoms with E-state index < -0.39 is 5.97 Å². The number of nitrogens with one attached hydrogen (secondary N) is 1. The lowest BCUT2D eigenvalue weighted by atomic mass is 10.0. The van der Waals surface area contributed by atoms with Crippen molar-refractivity contribution in [3.05, 3.63) is 24.3 Å². The number of carbonyl (C=O) groups excluding carboxylic acids is 2. The van der Waals surface area contributed by atoms with Crippen molar-refractivity contribution in [2.24, 2.45) is 5.92 Å². The standard InChI is InChI=1S/C19H29NO5/c1-14(2)6-5-7-15(3)20-18(21)12-25-19(22)13-24-17-10-8-16(23-4)9-11-17/h8-11,14-15H,5-7,12-13H2,1-4H3,(H,20,21). The second-order valence-corrected chi connectivity index (χ2v) is 6.42. The summed E-state index contributed by atoms with van der Waals surface area (Å²) in [5, 5.41) is 2.82. The van der Waals surface area contributed by atoms with Crippen LogP contribution in [0.15, 0.2) is 24.3 Å². The number of carbonyl (C=O) groups is 2. The van der Waals surface area contributed by atoms with Gasteiger partial charge in [0.2, 0.25) is 0 Å². The lowest BCUT2D eigenvalue weighted by Crippen LogP contribution is -2.36. The first kappa shape index (κ1) is 20.8. The second kappa shape index (κ2) is 11.3. The fourth-order valence-electron chi connectivity index (χ4n) is 2.22. The van der Waals surface area contributed by atoms with Gasteiger partial charge in [-0.15, -0.1) is 0 Å². The number of methoxy groups -OCH3 is 1. The van der Waals surface area contributed by atoms with Crippen molar-refractivity contribution < 1.29 is 23.8 Å². The van der Waals surface area contributed by atoms with E-state index in [-0.39, 0.29) is 25.2 Å². The van der Waals surface area contributed by atoms with Gasteiger partial charge >= 0.3 is 5.97 Å². The maximum atomic E-state index is 11.8. The Labute approximate surface area is 149 Å². The molecule has 6 heteroatoms. The molecule has 25 heavy (non-hydrogen) atoms. The van der Waals surface area contributed by atoms with E-state index in [1.165, 1.54) is 0 Å². The molecule has 1 rings (SSSR count). The first-order valence-electron chi connectivity index (χ1n) is 8.62. The van der Waals surface area contributed by atoms with Crippen LogP contribution in [0.3, 0.4) is 0 Å². The highest BCUT2D eigenvalue weighted by Crippen LogP contribution is 2.16. The van der Waals surface area contributed by atoms with Gasteiger partial charge in [0.15, 0.2) is 13.2 Å². The first-order chi connectivity index (χ1) is 11.9. The number of hydrogen-bond acceptors (Lipinski definition) is 5. The van der Waals surface area contributed by atoms with E-state index in [2.05, 4.69) is 19.2 Å². The molecule has 1 aromatic carbocycles. The Hall–Kier alpha value is -2.24. The molecule has 1 amide bonds. The van der Waals surface area contributed by atoms with Crippen LogP contribution in [0.4, 0.5) is 0 Å². The predicted octanol–water partition coefficient (Wildman–Crippen LogP) is 2.95. The summed E-state index contributed by atoms with van der Waals surface area (Å²) in [6.45, 7) is 5.77. The third-order valence-corrected chi connectivity index (χ3v) is 3.61. The molecule has 0 saturated carbocycles. The summed E-state index contributed by atoms with van der Waals surface area (Å²) < 4.78 is 15.2. The molecule has 0 aromatic heterocycles. The van der Waals surface area contributed by atoms with Crippen LogP contribution in [0.25, 0.3) is 0 Å². The molecule has 1 atom stereocenters. The molecule has 0 saturated heterocycles. The highest BCUT2D eigenvalue weighted by atomic mass is 16.6. The summed E-state index contributed by atoms with van der Waals surface area (Å²) in [6, 6.07) is 6.92. The zero-order chi connectivity index (χ0) is 18.7. The number of esters is 1. The minimum atomic E-state index is -0.585. The van der Waals surface area contributed by atoms with Gasteiger partial charge < -0.3 is 19.5 Å². The van der Waals surface area contributed by atoms with Crippen molar-refractivity contribution >= 4 is 11.9 Å². The monoisotopic (exact) mass is 351 g/mol. The molecular weight excluding hydrogens is 322 g/mol. The number of benzene rings is 1. The largest absolute Gasteiger partial charge is 0.497 e. The molecule has 0 heterocycles. The number of ether oxygens (including phenoxy) is 3. The molecule has 1 unspecified atom stereocenters. The Kier molecular flexibility index (Phi) is 9.43. The maximum absolute atomic E-state index is 11.8. The van der Waals surface area contributed by atoms with E-state index in [0.717, 1.165) is 19.3 Å². The molecule has 0 aliphatic heterocycles. The zero-order valence-electron chi connectivity index (χ0n) is 15.5. The van der Waals surface area contributed by atoms with Crippen LogP contribution in [0.5, 0.6) is 11.5 Å². The SMILES string of the molecule is COc1ccc(OCC(=O)OCC(=O)NC(C)CCCC(C)C)cc1. The molecule has 0 radical (unpaired) electrons. The lowest BCUT2D eigenvalue weighted by Gasteiger charge is -2.14. The molecule has 140 valence electrons. The van der Waals surface area contributed by atoms with E-state index in [1.54, 1.807) is 31.4 Å². The Morgan fingerprint density at radius 1 is 1.00 bits per heavy atom. The highest BCUT2D eigenvalue weighted by Gasteiger charge is 2.11. The first-order valence-corrected chi connectivity index (χ1v) is 8.62. The number of rotatable bonds is 11. The van der Waals surface area contributed by atoms with E-state index in [9.17, 15) is 9.59 Å². The number of amides is 1. The second-order valence-electron chi connectivity index (χ2n) is 6.42. The van der Waals surface area contributed by atoms with Crippen molar-refractivity contribution in [3.8, 4) is 11.5 Å². The van der Waals surface area contributed by atoms with Gasteiger partial charge in [-0.25, -0.2) is 4.79 Å². The fraction of sp³-hybridized carbons (Fsp3) is 0.579. The van der Waals surface area contributed by atoms with Crippen LogP contribution in [0.2, 0.25) is 0 Å². The van der Waals surface area contributed by atoms with Gasteiger partial charge in [0.05, 0.1) is 7.11 Å². The Morgan fingerprint density at radius 3 is 2.24 bits per heavy atom. The van der Waals surface area contributed by atoms with E-state index in [0.29, 0.717) is 17.4 Å². The molecule has 0 fully saturated rings. The minimum Gasteiger partial charge on any atom is -0.497 e. The molecule has 1 aromatic rings. The average molecular weight is 351 g/mol. The van der Waals surface area contributed by atoms with Crippen LogP contribution < -0.4 is 14.8 Å². The van der Waals surface area contributed by atoms with E-state index in [1.807, 2.05) is 6.92 Å². The van der Waals surface area contributed by atoms with E-state index in [4.69, 9.17) is 14.2 Å². The van der Waals surface area contributed by atoms with Crippen molar-refractivity contribution in [1.29, 1.82) is 0 Å². The van der Waals surface area contributed by atoms with Gasteiger partial charge in [0, 0.05) is 6.04 Å².